The SMILES string of the molecule is CCNC(=NCCc1nc(CC)c(C)s1)NCCc1ccc(-n2cccn2)cc1.I. The molecule has 3 aromatic rings. The van der Waals surface area contributed by atoms with Gasteiger partial charge in [0.1, 0.15) is 0 Å². The Kier molecular flexibility index (Phi) is 10.3. The lowest BCUT2D eigenvalue weighted by Crippen LogP contribution is -2.38. The van der Waals surface area contributed by atoms with Crippen molar-refractivity contribution < 1.29 is 0 Å². The fourth-order valence-electron chi connectivity index (χ4n) is 3.09. The van der Waals surface area contributed by atoms with Crippen LogP contribution < -0.4 is 10.6 Å². The first-order valence-electron chi connectivity index (χ1n) is 10.3. The number of hydrogen-bond donors (Lipinski definition) is 2. The summed E-state index contributed by atoms with van der Waals surface area (Å²) >= 11 is 1.79. The summed E-state index contributed by atoms with van der Waals surface area (Å²) in [6.07, 6.45) is 6.56. The van der Waals surface area contributed by atoms with Gasteiger partial charge >= 0.3 is 0 Å². The molecule has 6 nitrogen and oxygen atoms in total. The Morgan fingerprint density at radius 2 is 1.93 bits per heavy atom. The summed E-state index contributed by atoms with van der Waals surface area (Å²) < 4.78 is 1.87. The van der Waals surface area contributed by atoms with Crippen LogP contribution in [0.3, 0.4) is 0 Å². The summed E-state index contributed by atoms with van der Waals surface area (Å²) in [5, 5.41) is 12.2. The molecule has 0 atom stereocenters. The third kappa shape index (κ3) is 7.09. The highest BCUT2D eigenvalue weighted by atomic mass is 127. The van der Waals surface area contributed by atoms with Gasteiger partial charge in [-0.1, -0.05) is 19.1 Å². The van der Waals surface area contributed by atoms with Crippen LogP contribution >= 0.6 is 35.3 Å². The molecule has 0 aliphatic carbocycles. The van der Waals surface area contributed by atoms with Crippen LogP contribution in [-0.4, -0.2) is 40.4 Å². The number of halogens is 1. The van der Waals surface area contributed by atoms with E-state index in [0.29, 0.717) is 0 Å². The Labute approximate surface area is 200 Å². The molecule has 0 spiro atoms. The minimum absolute atomic E-state index is 0. The van der Waals surface area contributed by atoms with Crippen LogP contribution in [0.4, 0.5) is 0 Å². The van der Waals surface area contributed by atoms with Gasteiger partial charge in [0.2, 0.25) is 0 Å². The van der Waals surface area contributed by atoms with Gasteiger partial charge in [-0.2, -0.15) is 5.10 Å². The highest BCUT2D eigenvalue weighted by Crippen LogP contribution is 2.18. The zero-order valence-electron chi connectivity index (χ0n) is 17.9. The van der Waals surface area contributed by atoms with Crippen molar-refractivity contribution in [2.45, 2.75) is 40.0 Å². The Balaban J connectivity index is 0.00000320. The molecular weight excluding hydrogens is 507 g/mol. The first kappa shape index (κ1) is 24.3. The molecule has 0 bridgehead atoms. The van der Waals surface area contributed by atoms with Crippen molar-refractivity contribution in [3.05, 3.63) is 63.9 Å². The number of rotatable bonds is 9. The summed E-state index contributed by atoms with van der Waals surface area (Å²) in [5.74, 6) is 0.865. The Morgan fingerprint density at radius 3 is 2.57 bits per heavy atom. The molecule has 0 aliphatic heterocycles. The average molecular weight is 539 g/mol. The Hall–Kier alpha value is -1.94. The third-order valence-corrected chi connectivity index (χ3v) is 5.70. The van der Waals surface area contributed by atoms with E-state index in [4.69, 9.17) is 9.98 Å². The second-order valence-electron chi connectivity index (χ2n) is 6.77. The highest BCUT2D eigenvalue weighted by Gasteiger charge is 2.06. The highest BCUT2D eigenvalue weighted by molar-refractivity contribution is 14.0. The Morgan fingerprint density at radius 1 is 1.13 bits per heavy atom. The van der Waals surface area contributed by atoms with E-state index in [0.717, 1.165) is 50.5 Å². The van der Waals surface area contributed by atoms with Gasteiger partial charge in [-0.05, 0) is 50.5 Å². The van der Waals surface area contributed by atoms with E-state index in [1.54, 1.807) is 17.5 Å². The molecule has 2 aromatic heterocycles. The van der Waals surface area contributed by atoms with Crippen LogP contribution in [0.1, 0.15) is 35.0 Å². The molecule has 0 fully saturated rings. The molecule has 0 unspecified atom stereocenters. The maximum Gasteiger partial charge on any atom is 0.191 e. The van der Waals surface area contributed by atoms with Gasteiger partial charge in [0, 0.05) is 43.3 Å². The van der Waals surface area contributed by atoms with Gasteiger partial charge in [0.25, 0.3) is 0 Å². The lowest BCUT2D eigenvalue weighted by Gasteiger charge is -2.11. The van der Waals surface area contributed by atoms with Crippen LogP contribution in [-0.2, 0) is 19.3 Å². The lowest BCUT2D eigenvalue weighted by atomic mass is 10.1. The number of aliphatic imine (C=N–C) groups is 1. The number of thiazole rings is 1. The first-order chi connectivity index (χ1) is 14.2. The van der Waals surface area contributed by atoms with Crippen molar-refractivity contribution in [1.29, 1.82) is 0 Å². The molecule has 162 valence electrons. The minimum Gasteiger partial charge on any atom is -0.357 e. The molecule has 2 N–H and O–H groups in total. The zero-order chi connectivity index (χ0) is 20.5. The zero-order valence-corrected chi connectivity index (χ0v) is 21.0. The van der Waals surface area contributed by atoms with Crippen molar-refractivity contribution in [2.75, 3.05) is 19.6 Å². The molecule has 30 heavy (non-hydrogen) atoms. The molecule has 1 aromatic carbocycles. The first-order valence-corrected chi connectivity index (χ1v) is 11.1. The van der Waals surface area contributed by atoms with E-state index in [9.17, 15) is 0 Å². The minimum atomic E-state index is 0. The number of aryl methyl sites for hydroxylation is 2. The fourth-order valence-corrected chi connectivity index (χ4v) is 4.10. The van der Waals surface area contributed by atoms with E-state index in [2.05, 4.69) is 60.8 Å². The van der Waals surface area contributed by atoms with Gasteiger partial charge < -0.3 is 10.6 Å². The van der Waals surface area contributed by atoms with E-state index in [1.165, 1.54) is 21.1 Å². The molecular formula is C22H31IN6S. The van der Waals surface area contributed by atoms with Crippen molar-refractivity contribution >= 4 is 41.3 Å². The summed E-state index contributed by atoms with van der Waals surface area (Å²) in [5.41, 5.74) is 3.58. The second kappa shape index (κ2) is 12.7. The van der Waals surface area contributed by atoms with Crippen LogP contribution in [0.15, 0.2) is 47.7 Å². The maximum absolute atomic E-state index is 4.70. The van der Waals surface area contributed by atoms with Crippen LogP contribution in [0, 0.1) is 6.92 Å². The van der Waals surface area contributed by atoms with E-state index in [1.807, 2.05) is 16.9 Å². The van der Waals surface area contributed by atoms with Crippen molar-refractivity contribution in [2.24, 2.45) is 4.99 Å². The van der Waals surface area contributed by atoms with Gasteiger partial charge in [0.15, 0.2) is 5.96 Å². The van der Waals surface area contributed by atoms with Crippen LogP contribution in [0.25, 0.3) is 5.69 Å². The number of nitrogens with zero attached hydrogens (tertiary/aromatic N) is 4. The molecule has 0 saturated carbocycles. The van der Waals surface area contributed by atoms with Crippen LogP contribution in [0.2, 0.25) is 0 Å². The molecule has 0 aliphatic rings. The standard InChI is InChI=1S/C22H30N6S.HI/c1-4-20-17(3)29-21(27-20)12-15-25-22(23-5-2)24-14-11-18-7-9-19(10-8-18)28-16-6-13-26-28;/h6-10,13,16H,4-5,11-12,14-15H2,1-3H3,(H2,23,24,25);1H. The maximum atomic E-state index is 4.70. The fraction of sp³-hybridized carbons (Fsp3) is 0.409. The molecule has 2 heterocycles. The lowest BCUT2D eigenvalue weighted by molar-refractivity contribution is 0.795. The Bertz CT molecular complexity index is 902. The van der Waals surface area contributed by atoms with Gasteiger partial charge in [-0.3, -0.25) is 4.99 Å². The molecule has 3 rings (SSSR count). The molecule has 8 heteroatoms. The topological polar surface area (TPSA) is 67.1 Å². The van der Waals surface area contributed by atoms with Crippen molar-refractivity contribution in [1.82, 2.24) is 25.4 Å². The van der Waals surface area contributed by atoms with Gasteiger partial charge in [-0.15, -0.1) is 35.3 Å². The normalized spacial score (nSPS) is 11.2. The number of guanidine groups is 1. The molecule has 0 radical (unpaired) electrons. The summed E-state index contributed by atoms with van der Waals surface area (Å²) in [7, 11) is 0. The predicted molar refractivity (Wildman–Crippen MR) is 137 cm³/mol. The number of benzene rings is 1. The van der Waals surface area contributed by atoms with E-state index < -0.39 is 0 Å². The smallest absolute Gasteiger partial charge is 0.191 e. The average Bonchev–Trinajstić information content (AvgIpc) is 3.38. The largest absolute Gasteiger partial charge is 0.357 e. The second-order valence-corrected chi connectivity index (χ2v) is 8.06. The summed E-state index contributed by atoms with van der Waals surface area (Å²) in [6, 6.07) is 10.4. The summed E-state index contributed by atoms with van der Waals surface area (Å²) in [6.45, 7) is 8.82. The van der Waals surface area contributed by atoms with Crippen LogP contribution in [0.5, 0.6) is 0 Å². The number of hydrogen-bond acceptors (Lipinski definition) is 4. The van der Waals surface area contributed by atoms with Gasteiger partial charge in [-0.25, -0.2) is 9.67 Å². The number of nitrogens with one attached hydrogen (secondary N) is 2. The van der Waals surface area contributed by atoms with Gasteiger partial charge in [0.05, 0.1) is 16.4 Å². The monoisotopic (exact) mass is 538 g/mol. The molecule has 0 amide bonds. The third-order valence-electron chi connectivity index (χ3n) is 4.62. The predicted octanol–water partition coefficient (Wildman–Crippen LogP) is 4.16. The van der Waals surface area contributed by atoms with E-state index >= 15 is 0 Å². The quantitative estimate of drug-likeness (QED) is 0.244. The van der Waals surface area contributed by atoms with E-state index in [-0.39, 0.29) is 24.0 Å². The van der Waals surface area contributed by atoms with Crippen molar-refractivity contribution in [3.63, 3.8) is 0 Å². The summed E-state index contributed by atoms with van der Waals surface area (Å²) in [4.78, 5) is 10.7. The number of aromatic nitrogens is 3. The molecule has 0 saturated heterocycles. The van der Waals surface area contributed by atoms with Crippen molar-refractivity contribution in [3.8, 4) is 5.69 Å².